The second-order valence-electron chi connectivity index (χ2n) is 10.2. The molecule has 238 valence electrons. The third-order valence-electron chi connectivity index (χ3n) is 6.46. The van der Waals surface area contributed by atoms with Crippen LogP contribution in [0.2, 0.25) is 0 Å². The topological polar surface area (TPSA) is 102 Å². The molecule has 0 aromatic heterocycles. The second-order valence-corrected chi connectivity index (χ2v) is 11.3. The van der Waals surface area contributed by atoms with E-state index in [0.717, 1.165) is 44.0 Å². The van der Waals surface area contributed by atoms with Crippen molar-refractivity contribution in [3.63, 3.8) is 0 Å². The van der Waals surface area contributed by atoms with E-state index in [1.807, 2.05) is 87.5 Å². The predicted octanol–water partition coefficient (Wildman–Crippen LogP) is 6.96. The van der Waals surface area contributed by atoms with Crippen LogP contribution >= 0.6 is 11.8 Å². The normalized spacial score (nSPS) is 11.8. The van der Waals surface area contributed by atoms with Crippen molar-refractivity contribution >= 4 is 23.7 Å². The SMILES string of the molecule is CCOC(Cc1ccc(OCC=C(C)C#Cc2ccc(C#CC(C)=CCSc3ccc(OCC(=O)O)c(C)c3)cc2)cc1)C(=O)O. The molecule has 0 saturated heterocycles. The van der Waals surface area contributed by atoms with Gasteiger partial charge in [0.15, 0.2) is 12.7 Å². The van der Waals surface area contributed by atoms with Crippen LogP contribution in [0.25, 0.3) is 0 Å². The zero-order chi connectivity index (χ0) is 33.3. The number of aryl methyl sites for hydroxylation is 1. The van der Waals surface area contributed by atoms with Crippen LogP contribution in [0.15, 0.2) is 94.9 Å². The first-order valence-corrected chi connectivity index (χ1v) is 15.7. The summed E-state index contributed by atoms with van der Waals surface area (Å²) in [6, 6.07) is 20.8. The van der Waals surface area contributed by atoms with Gasteiger partial charge in [0.05, 0.1) is 0 Å². The summed E-state index contributed by atoms with van der Waals surface area (Å²) in [7, 11) is 0. The summed E-state index contributed by atoms with van der Waals surface area (Å²) in [5.41, 5.74) is 5.42. The Bertz CT molecular complexity index is 1660. The Morgan fingerprint density at radius 1 is 0.870 bits per heavy atom. The quantitative estimate of drug-likeness (QED) is 0.144. The molecule has 0 amide bonds. The second kappa shape index (κ2) is 18.8. The van der Waals surface area contributed by atoms with Crippen LogP contribution in [0.4, 0.5) is 0 Å². The maximum atomic E-state index is 11.3. The Morgan fingerprint density at radius 2 is 1.50 bits per heavy atom. The maximum Gasteiger partial charge on any atom is 0.341 e. The lowest BCUT2D eigenvalue weighted by molar-refractivity contribution is -0.150. The van der Waals surface area contributed by atoms with Gasteiger partial charge in [-0.25, -0.2) is 9.59 Å². The first-order chi connectivity index (χ1) is 22.1. The fourth-order valence-corrected chi connectivity index (χ4v) is 4.92. The molecule has 0 aliphatic rings. The summed E-state index contributed by atoms with van der Waals surface area (Å²) in [5, 5.41) is 18.0. The highest BCUT2D eigenvalue weighted by Gasteiger charge is 2.17. The Balaban J connectivity index is 1.45. The van der Waals surface area contributed by atoms with Crippen LogP contribution in [-0.4, -0.2) is 53.8 Å². The molecule has 8 heteroatoms. The molecule has 0 aliphatic carbocycles. The van der Waals surface area contributed by atoms with E-state index in [1.54, 1.807) is 24.8 Å². The zero-order valence-corrected chi connectivity index (χ0v) is 27.3. The number of thioether (sulfide) groups is 1. The molecular weight excluding hydrogens is 600 g/mol. The molecule has 1 unspecified atom stereocenters. The van der Waals surface area contributed by atoms with Crippen molar-refractivity contribution in [2.24, 2.45) is 0 Å². The average molecular weight is 639 g/mol. The zero-order valence-electron chi connectivity index (χ0n) is 26.5. The maximum absolute atomic E-state index is 11.3. The Morgan fingerprint density at radius 3 is 2.07 bits per heavy atom. The molecule has 1 atom stereocenters. The van der Waals surface area contributed by atoms with E-state index in [0.29, 0.717) is 31.1 Å². The molecule has 0 radical (unpaired) electrons. The first-order valence-electron chi connectivity index (χ1n) is 14.7. The van der Waals surface area contributed by atoms with Gasteiger partial charge < -0.3 is 24.4 Å². The highest BCUT2D eigenvalue weighted by molar-refractivity contribution is 7.99. The fraction of sp³-hybridized carbons (Fsp3) is 0.263. The average Bonchev–Trinajstić information content (AvgIpc) is 3.03. The molecule has 0 aliphatic heterocycles. The highest BCUT2D eigenvalue weighted by atomic mass is 32.2. The smallest absolute Gasteiger partial charge is 0.341 e. The number of allylic oxidation sites excluding steroid dienone is 2. The summed E-state index contributed by atoms with van der Waals surface area (Å²) in [6.07, 6.45) is 3.44. The lowest BCUT2D eigenvalue weighted by Gasteiger charge is -2.12. The number of carbonyl (C=O) groups is 2. The number of ether oxygens (including phenoxy) is 3. The molecule has 3 aromatic carbocycles. The lowest BCUT2D eigenvalue weighted by Crippen LogP contribution is -2.26. The Kier molecular flexibility index (Phi) is 14.6. The van der Waals surface area contributed by atoms with E-state index in [-0.39, 0.29) is 6.61 Å². The van der Waals surface area contributed by atoms with Gasteiger partial charge in [-0.15, -0.1) is 11.8 Å². The van der Waals surface area contributed by atoms with E-state index in [9.17, 15) is 14.7 Å². The van der Waals surface area contributed by atoms with Gasteiger partial charge in [-0.2, -0.15) is 0 Å². The number of aliphatic carboxylic acids is 2. The van der Waals surface area contributed by atoms with E-state index >= 15 is 0 Å². The van der Waals surface area contributed by atoms with E-state index in [1.165, 1.54) is 0 Å². The number of hydrogen-bond donors (Lipinski definition) is 2. The van der Waals surface area contributed by atoms with Crippen molar-refractivity contribution in [3.05, 3.63) is 112 Å². The van der Waals surface area contributed by atoms with Crippen LogP contribution < -0.4 is 9.47 Å². The fourth-order valence-electron chi connectivity index (χ4n) is 3.97. The summed E-state index contributed by atoms with van der Waals surface area (Å²) >= 11 is 1.67. The van der Waals surface area contributed by atoms with Gasteiger partial charge in [-0.05, 0) is 111 Å². The van der Waals surface area contributed by atoms with Crippen LogP contribution in [0.1, 0.15) is 43.0 Å². The van der Waals surface area contributed by atoms with E-state index in [2.05, 4.69) is 29.8 Å². The lowest BCUT2D eigenvalue weighted by atomic mass is 10.1. The standard InChI is InChI=1S/C38H38O7S/c1-5-43-36(38(41)42)25-32-14-16-33(17-15-32)44-22-20-27(2)6-8-30-10-12-31(13-11-30)9-7-28(3)21-23-46-34-18-19-35(29(4)24-34)45-26-37(39)40/h10-21,24,36H,5,22-23,25-26H2,1-4H3,(H,39,40)(H,41,42). The molecule has 0 fully saturated rings. The van der Waals surface area contributed by atoms with Gasteiger partial charge in [0.25, 0.3) is 0 Å². The molecule has 0 saturated carbocycles. The summed E-state index contributed by atoms with van der Waals surface area (Å²) in [4.78, 5) is 23.1. The molecule has 0 heterocycles. The molecule has 0 bridgehead atoms. The molecule has 3 rings (SSSR count). The van der Waals surface area contributed by atoms with Crippen LogP contribution in [0.5, 0.6) is 11.5 Å². The Hall–Kier alpha value is -4.89. The molecule has 7 nitrogen and oxygen atoms in total. The third-order valence-corrected chi connectivity index (χ3v) is 7.38. The number of hydrogen-bond acceptors (Lipinski definition) is 6. The number of carboxylic acid groups (broad SMARTS) is 2. The van der Waals surface area contributed by atoms with Gasteiger partial charge in [0.2, 0.25) is 0 Å². The van der Waals surface area contributed by atoms with Gasteiger partial charge >= 0.3 is 11.9 Å². The van der Waals surface area contributed by atoms with Crippen LogP contribution in [-0.2, 0) is 20.7 Å². The van der Waals surface area contributed by atoms with Gasteiger partial charge in [0, 0.05) is 34.8 Å². The molecule has 3 aromatic rings. The summed E-state index contributed by atoms with van der Waals surface area (Å²) in [5.74, 6) is 12.8. The molecule has 2 N–H and O–H groups in total. The van der Waals surface area contributed by atoms with Crippen LogP contribution in [0, 0.1) is 30.6 Å². The largest absolute Gasteiger partial charge is 0.490 e. The first kappa shape index (κ1) is 35.6. The van der Waals surface area contributed by atoms with Gasteiger partial charge in [-0.1, -0.05) is 41.9 Å². The van der Waals surface area contributed by atoms with Crippen LogP contribution in [0.3, 0.4) is 0 Å². The predicted molar refractivity (Wildman–Crippen MR) is 181 cm³/mol. The minimum atomic E-state index is -0.999. The molecule has 0 spiro atoms. The van der Waals surface area contributed by atoms with Crippen molar-refractivity contribution in [1.29, 1.82) is 0 Å². The number of benzene rings is 3. The Labute approximate surface area is 275 Å². The summed E-state index contributed by atoms with van der Waals surface area (Å²) in [6.45, 7) is 7.95. The van der Waals surface area contributed by atoms with Crippen molar-refractivity contribution in [2.75, 3.05) is 25.6 Å². The number of rotatable bonds is 14. The monoisotopic (exact) mass is 638 g/mol. The third kappa shape index (κ3) is 13.0. The minimum absolute atomic E-state index is 0.301. The van der Waals surface area contributed by atoms with E-state index < -0.39 is 18.0 Å². The van der Waals surface area contributed by atoms with Crippen molar-refractivity contribution < 1.29 is 34.0 Å². The highest BCUT2D eigenvalue weighted by Crippen LogP contribution is 2.26. The van der Waals surface area contributed by atoms with E-state index in [4.69, 9.17) is 19.3 Å². The molecule has 46 heavy (non-hydrogen) atoms. The van der Waals surface area contributed by atoms with Crippen molar-refractivity contribution in [1.82, 2.24) is 0 Å². The summed E-state index contributed by atoms with van der Waals surface area (Å²) < 4.78 is 16.3. The minimum Gasteiger partial charge on any atom is -0.490 e. The molecular formula is C38H38O7S. The van der Waals surface area contributed by atoms with Gasteiger partial charge in [-0.3, -0.25) is 0 Å². The van der Waals surface area contributed by atoms with Crippen molar-refractivity contribution in [3.8, 4) is 35.2 Å². The number of carboxylic acids is 2. The van der Waals surface area contributed by atoms with Crippen molar-refractivity contribution in [2.45, 2.75) is 45.1 Å². The van der Waals surface area contributed by atoms with Gasteiger partial charge in [0.1, 0.15) is 18.1 Å².